The number of piperidine rings is 1. The van der Waals surface area contributed by atoms with Gasteiger partial charge < -0.3 is 15.1 Å². The number of hydrogen-bond donors (Lipinski definition) is 1. The van der Waals surface area contributed by atoms with Gasteiger partial charge in [0.25, 0.3) is 0 Å². The van der Waals surface area contributed by atoms with E-state index in [2.05, 4.69) is 42.3 Å². The van der Waals surface area contributed by atoms with Crippen molar-refractivity contribution in [2.45, 2.75) is 39.2 Å². The van der Waals surface area contributed by atoms with E-state index in [0.29, 0.717) is 5.91 Å². The third-order valence-electron chi connectivity index (χ3n) is 5.12. The van der Waals surface area contributed by atoms with Gasteiger partial charge in [0.15, 0.2) is 0 Å². The SMILES string of the molecule is Cc1cccc(N2CCN(C(=O)[C@@H]3CCCCN3)CC2)c1C.Cl.Cl. The molecule has 1 N–H and O–H groups in total. The standard InChI is InChI=1S/C18H27N3O.2ClH/c1-14-6-5-8-17(15(14)2)20-10-12-21(13-11-20)18(22)16-7-3-4-9-19-16;;/h5-6,8,16,19H,3-4,7,9-13H2,1-2H3;2*1H/t16-;;/m0../s1. The van der Waals surface area contributed by atoms with E-state index < -0.39 is 0 Å². The first kappa shape index (κ1) is 21.1. The maximum Gasteiger partial charge on any atom is 0.239 e. The van der Waals surface area contributed by atoms with Gasteiger partial charge >= 0.3 is 0 Å². The van der Waals surface area contributed by atoms with Gasteiger partial charge in [0, 0.05) is 31.9 Å². The average molecular weight is 374 g/mol. The molecule has 1 atom stereocenters. The Bertz CT molecular complexity index is 539. The number of carbonyl (C=O) groups is 1. The molecule has 0 unspecified atom stereocenters. The summed E-state index contributed by atoms with van der Waals surface area (Å²) in [5, 5.41) is 3.37. The number of aryl methyl sites for hydroxylation is 1. The van der Waals surface area contributed by atoms with Gasteiger partial charge in [0.05, 0.1) is 6.04 Å². The van der Waals surface area contributed by atoms with Crippen LogP contribution in [0.1, 0.15) is 30.4 Å². The second-order valence-corrected chi connectivity index (χ2v) is 6.53. The molecular formula is C18H29Cl2N3O. The van der Waals surface area contributed by atoms with Crippen LogP contribution in [0.5, 0.6) is 0 Å². The number of halogens is 2. The molecule has 4 nitrogen and oxygen atoms in total. The van der Waals surface area contributed by atoms with Crippen LogP contribution in [0.15, 0.2) is 18.2 Å². The molecule has 0 aliphatic carbocycles. The molecule has 1 amide bonds. The molecule has 1 aromatic rings. The number of benzene rings is 1. The van der Waals surface area contributed by atoms with E-state index in [4.69, 9.17) is 0 Å². The Morgan fingerprint density at radius 3 is 2.42 bits per heavy atom. The van der Waals surface area contributed by atoms with Crippen molar-refractivity contribution in [1.29, 1.82) is 0 Å². The van der Waals surface area contributed by atoms with Gasteiger partial charge in [-0.3, -0.25) is 4.79 Å². The Kier molecular flexibility index (Phi) is 8.34. The quantitative estimate of drug-likeness (QED) is 0.865. The first-order chi connectivity index (χ1) is 10.7. The molecule has 2 aliphatic rings. The molecule has 2 heterocycles. The third-order valence-corrected chi connectivity index (χ3v) is 5.12. The number of carbonyl (C=O) groups excluding carboxylic acids is 1. The first-order valence-corrected chi connectivity index (χ1v) is 8.50. The summed E-state index contributed by atoms with van der Waals surface area (Å²) in [4.78, 5) is 17.0. The lowest BCUT2D eigenvalue weighted by Crippen LogP contribution is -2.55. The lowest BCUT2D eigenvalue weighted by molar-refractivity contribution is -0.134. The molecule has 136 valence electrons. The van der Waals surface area contributed by atoms with Crippen molar-refractivity contribution >= 4 is 36.4 Å². The molecule has 2 aliphatic heterocycles. The van der Waals surface area contributed by atoms with Gasteiger partial charge in [-0.2, -0.15) is 0 Å². The van der Waals surface area contributed by atoms with Crippen LogP contribution >= 0.6 is 24.8 Å². The number of piperazine rings is 1. The minimum atomic E-state index is 0. The molecule has 2 saturated heterocycles. The molecule has 24 heavy (non-hydrogen) atoms. The highest BCUT2D eigenvalue weighted by molar-refractivity contribution is 5.85. The van der Waals surface area contributed by atoms with Gasteiger partial charge in [-0.1, -0.05) is 18.6 Å². The summed E-state index contributed by atoms with van der Waals surface area (Å²) in [5.74, 6) is 0.306. The first-order valence-electron chi connectivity index (χ1n) is 8.50. The number of rotatable bonds is 2. The zero-order chi connectivity index (χ0) is 15.5. The van der Waals surface area contributed by atoms with Crippen molar-refractivity contribution in [3.63, 3.8) is 0 Å². The van der Waals surface area contributed by atoms with Crippen LogP contribution < -0.4 is 10.2 Å². The Balaban J connectivity index is 0.00000144. The van der Waals surface area contributed by atoms with Crippen LogP contribution in [0.25, 0.3) is 0 Å². The molecule has 0 aromatic heterocycles. The van der Waals surface area contributed by atoms with Crippen LogP contribution in [0, 0.1) is 13.8 Å². The Hall–Kier alpha value is -0.970. The number of amides is 1. The van der Waals surface area contributed by atoms with E-state index >= 15 is 0 Å². The summed E-state index contributed by atoms with van der Waals surface area (Å²) in [6.07, 6.45) is 3.37. The van der Waals surface area contributed by atoms with Crippen LogP contribution in [-0.4, -0.2) is 49.6 Å². The highest BCUT2D eigenvalue weighted by Crippen LogP contribution is 2.24. The fourth-order valence-corrected chi connectivity index (χ4v) is 3.53. The zero-order valence-corrected chi connectivity index (χ0v) is 16.2. The van der Waals surface area contributed by atoms with Crippen molar-refractivity contribution in [3.8, 4) is 0 Å². The van der Waals surface area contributed by atoms with Gasteiger partial charge in [0.1, 0.15) is 0 Å². The second-order valence-electron chi connectivity index (χ2n) is 6.53. The Morgan fingerprint density at radius 2 is 1.79 bits per heavy atom. The highest BCUT2D eigenvalue weighted by Gasteiger charge is 2.28. The normalized spacial score (nSPS) is 20.8. The predicted molar refractivity (Wildman–Crippen MR) is 105 cm³/mol. The molecule has 0 bridgehead atoms. The lowest BCUT2D eigenvalue weighted by atomic mass is 10.0. The minimum absolute atomic E-state index is 0. The fourth-order valence-electron chi connectivity index (χ4n) is 3.53. The summed E-state index contributed by atoms with van der Waals surface area (Å²) >= 11 is 0. The topological polar surface area (TPSA) is 35.6 Å². The Labute approximate surface area is 157 Å². The lowest BCUT2D eigenvalue weighted by Gasteiger charge is -2.39. The fraction of sp³-hybridized carbons (Fsp3) is 0.611. The van der Waals surface area contributed by atoms with Crippen LogP contribution in [0.3, 0.4) is 0 Å². The summed E-state index contributed by atoms with van der Waals surface area (Å²) in [6, 6.07) is 6.54. The van der Waals surface area contributed by atoms with Gasteiger partial charge in [-0.05, 0) is 50.4 Å². The second kappa shape index (κ2) is 9.50. The van der Waals surface area contributed by atoms with Gasteiger partial charge in [-0.15, -0.1) is 24.8 Å². The number of nitrogens with zero attached hydrogens (tertiary/aromatic N) is 2. The van der Waals surface area contributed by atoms with E-state index in [-0.39, 0.29) is 30.9 Å². The maximum absolute atomic E-state index is 12.6. The van der Waals surface area contributed by atoms with Crippen molar-refractivity contribution in [1.82, 2.24) is 10.2 Å². The zero-order valence-electron chi connectivity index (χ0n) is 14.6. The van der Waals surface area contributed by atoms with E-state index in [1.165, 1.54) is 29.7 Å². The summed E-state index contributed by atoms with van der Waals surface area (Å²) in [6.45, 7) is 8.88. The smallest absolute Gasteiger partial charge is 0.239 e. The van der Waals surface area contributed by atoms with Gasteiger partial charge in [0.2, 0.25) is 5.91 Å². The monoisotopic (exact) mass is 373 g/mol. The molecular weight excluding hydrogens is 345 g/mol. The average Bonchev–Trinajstić information content (AvgIpc) is 2.58. The molecule has 0 spiro atoms. The van der Waals surface area contributed by atoms with E-state index in [9.17, 15) is 4.79 Å². The summed E-state index contributed by atoms with van der Waals surface area (Å²) in [7, 11) is 0. The molecule has 0 saturated carbocycles. The summed E-state index contributed by atoms with van der Waals surface area (Å²) in [5.41, 5.74) is 4.02. The van der Waals surface area contributed by atoms with E-state index in [1.807, 2.05) is 4.90 Å². The number of nitrogens with one attached hydrogen (secondary N) is 1. The number of anilines is 1. The highest BCUT2D eigenvalue weighted by atomic mass is 35.5. The molecule has 3 rings (SSSR count). The van der Waals surface area contributed by atoms with E-state index in [0.717, 1.165) is 39.1 Å². The molecule has 1 aromatic carbocycles. The third kappa shape index (κ3) is 4.56. The van der Waals surface area contributed by atoms with Crippen molar-refractivity contribution in [3.05, 3.63) is 29.3 Å². The van der Waals surface area contributed by atoms with Crippen molar-refractivity contribution < 1.29 is 4.79 Å². The number of hydrogen-bond acceptors (Lipinski definition) is 3. The molecule has 6 heteroatoms. The molecule has 0 radical (unpaired) electrons. The largest absolute Gasteiger partial charge is 0.368 e. The van der Waals surface area contributed by atoms with E-state index in [1.54, 1.807) is 0 Å². The molecule has 2 fully saturated rings. The van der Waals surface area contributed by atoms with Crippen molar-refractivity contribution in [2.75, 3.05) is 37.6 Å². The van der Waals surface area contributed by atoms with Crippen LogP contribution in [0.4, 0.5) is 5.69 Å². The predicted octanol–water partition coefficient (Wildman–Crippen LogP) is 2.94. The van der Waals surface area contributed by atoms with Crippen LogP contribution in [-0.2, 0) is 4.79 Å². The van der Waals surface area contributed by atoms with Crippen molar-refractivity contribution in [2.24, 2.45) is 0 Å². The van der Waals surface area contributed by atoms with Gasteiger partial charge in [-0.25, -0.2) is 0 Å². The van der Waals surface area contributed by atoms with Crippen LogP contribution in [0.2, 0.25) is 0 Å². The summed E-state index contributed by atoms with van der Waals surface area (Å²) < 4.78 is 0. The minimum Gasteiger partial charge on any atom is -0.368 e. The maximum atomic E-state index is 12.6. The Morgan fingerprint density at radius 1 is 1.08 bits per heavy atom.